The molecule has 1 aromatic heterocycles. The van der Waals surface area contributed by atoms with Crippen molar-refractivity contribution in [3.05, 3.63) is 23.9 Å². The average Bonchev–Trinajstić information content (AvgIpc) is 3.10. The molecule has 9 heteroatoms. The monoisotopic (exact) mass is 387 g/mol. The van der Waals surface area contributed by atoms with Crippen molar-refractivity contribution in [3.63, 3.8) is 0 Å². The molecule has 2 heterocycles. The molecule has 0 aromatic carbocycles. The zero-order chi connectivity index (χ0) is 19.7. The molecule has 1 unspecified atom stereocenters. The number of halogens is 3. The molecule has 2 rings (SSSR count). The molecule has 0 aliphatic carbocycles. The summed E-state index contributed by atoms with van der Waals surface area (Å²) in [6.45, 7) is 6.55. The zero-order valence-corrected chi connectivity index (χ0v) is 15.9. The van der Waals surface area contributed by atoms with Crippen LogP contribution in [0.2, 0.25) is 0 Å². The molecular formula is C18H28F3N5O. The van der Waals surface area contributed by atoms with Crippen LogP contribution < -0.4 is 15.4 Å². The number of alkyl halides is 3. The molecule has 1 saturated heterocycles. The minimum Gasteiger partial charge on any atom is -0.468 e. The van der Waals surface area contributed by atoms with Crippen molar-refractivity contribution >= 4 is 5.96 Å². The molecular weight excluding hydrogens is 359 g/mol. The van der Waals surface area contributed by atoms with E-state index in [1.807, 2.05) is 6.92 Å². The van der Waals surface area contributed by atoms with Crippen molar-refractivity contribution in [1.82, 2.24) is 20.5 Å². The number of nitrogens with zero attached hydrogens (tertiary/aromatic N) is 3. The molecule has 1 aliphatic heterocycles. The second-order valence-electron chi connectivity index (χ2n) is 6.37. The zero-order valence-electron chi connectivity index (χ0n) is 15.9. The van der Waals surface area contributed by atoms with E-state index in [2.05, 4.69) is 32.4 Å². The van der Waals surface area contributed by atoms with Gasteiger partial charge in [-0.25, -0.2) is 9.98 Å². The first-order valence-corrected chi connectivity index (χ1v) is 9.32. The first kappa shape index (κ1) is 21.3. The first-order valence-electron chi connectivity index (χ1n) is 9.32. The molecule has 1 fully saturated rings. The summed E-state index contributed by atoms with van der Waals surface area (Å²) in [5.41, 5.74) is 0.509. The number of aromatic nitrogens is 1. The van der Waals surface area contributed by atoms with Gasteiger partial charge < -0.3 is 15.4 Å². The highest BCUT2D eigenvalue weighted by atomic mass is 19.4. The largest absolute Gasteiger partial charge is 0.468 e. The lowest BCUT2D eigenvalue weighted by atomic mass is 10.2. The maximum absolute atomic E-state index is 12.4. The highest BCUT2D eigenvalue weighted by Gasteiger charge is 2.29. The van der Waals surface area contributed by atoms with Crippen molar-refractivity contribution < 1.29 is 17.9 Å². The molecule has 6 nitrogen and oxygen atoms in total. The molecule has 1 aliphatic rings. The molecule has 27 heavy (non-hydrogen) atoms. The van der Waals surface area contributed by atoms with Crippen molar-refractivity contribution in [3.8, 4) is 5.88 Å². The molecule has 152 valence electrons. The third kappa shape index (κ3) is 7.24. The average molecular weight is 387 g/mol. The number of aliphatic imine (C=N–C) groups is 1. The highest BCUT2D eigenvalue weighted by molar-refractivity contribution is 5.79. The van der Waals surface area contributed by atoms with Gasteiger partial charge in [0.05, 0.1) is 6.54 Å². The Hall–Kier alpha value is -2.03. The molecule has 0 saturated carbocycles. The Kier molecular flexibility index (Phi) is 8.15. The summed E-state index contributed by atoms with van der Waals surface area (Å²) in [6.07, 6.45) is -0.648. The molecule has 2 N–H and O–H groups in total. The smallest absolute Gasteiger partial charge is 0.422 e. The minimum absolute atomic E-state index is 0.0395. The molecule has 0 amide bonds. The number of nitrogens with one attached hydrogen (secondary N) is 2. The quantitative estimate of drug-likeness (QED) is 0.530. The summed E-state index contributed by atoms with van der Waals surface area (Å²) in [6, 6.07) is 3.80. The number of hydrogen-bond acceptors (Lipinski definition) is 4. The van der Waals surface area contributed by atoms with Gasteiger partial charge in [0.1, 0.15) is 0 Å². The van der Waals surface area contributed by atoms with E-state index in [1.165, 1.54) is 12.6 Å². The Bertz CT molecular complexity index is 609. The van der Waals surface area contributed by atoms with Crippen LogP contribution in [0.3, 0.4) is 0 Å². The van der Waals surface area contributed by atoms with Gasteiger partial charge >= 0.3 is 6.18 Å². The van der Waals surface area contributed by atoms with E-state index >= 15 is 0 Å². The van der Waals surface area contributed by atoms with E-state index < -0.39 is 12.8 Å². The van der Waals surface area contributed by atoms with Crippen LogP contribution in [0.1, 0.15) is 32.3 Å². The number of likely N-dealkylation sites (tertiary alicyclic amines) is 1. The topological polar surface area (TPSA) is 61.8 Å². The van der Waals surface area contributed by atoms with Crippen LogP contribution in [0.15, 0.2) is 23.3 Å². The molecule has 0 radical (unpaired) electrons. The van der Waals surface area contributed by atoms with Gasteiger partial charge in [0.25, 0.3) is 0 Å². The lowest BCUT2D eigenvalue weighted by molar-refractivity contribution is -0.154. The van der Waals surface area contributed by atoms with Gasteiger partial charge in [-0.3, -0.25) is 4.90 Å². The maximum atomic E-state index is 12.4. The molecule has 1 aromatic rings. The number of ether oxygens (including phenoxy) is 1. The fourth-order valence-electron chi connectivity index (χ4n) is 3.09. The number of rotatable bonds is 8. The highest BCUT2D eigenvalue weighted by Crippen LogP contribution is 2.20. The minimum atomic E-state index is -4.40. The third-order valence-electron chi connectivity index (χ3n) is 4.38. The number of hydrogen-bond donors (Lipinski definition) is 2. The van der Waals surface area contributed by atoms with Gasteiger partial charge in [0.15, 0.2) is 12.6 Å². The summed E-state index contributed by atoms with van der Waals surface area (Å²) < 4.78 is 42.0. The van der Waals surface area contributed by atoms with Gasteiger partial charge in [-0.1, -0.05) is 13.0 Å². The van der Waals surface area contributed by atoms with Gasteiger partial charge in [0.2, 0.25) is 5.88 Å². The normalized spacial score (nSPS) is 18.6. The van der Waals surface area contributed by atoms with Crippen molar-refractivity contribution in [2.45, 2.75) is 45.5 Å². The van der Waals surface area contributed by atoms with Crippen LogP contribution in [-0.4, -0.2) is 60.8 Å². The Labute approximate surface area is 158 Å². The third-order valence-corrected chi connectivity index (χ3v) is 4.38. The standard InChI is InChI=1S/C18H28F3N5O/c1-3-22-17(25-12-15-8-6-10-26(15)4-2)24-11-14-7-5-9-23-16(14)27-13-18(19,20)21/h5,7,9,15H,3-4,6,8,10-13H2,1-2H3,(H2,22,24,25). The molecule has 0 spiro atoms. The predicted octanol–water partition coefficient (Wildman–Crippen LogP) is 2.56. The maximum Gasteiger partial charge on any atom is 0.422 e. The van der Waals surface area contributed by atoms with Crippen molar-refractivity contribution in [2.24, 2.45) is 4.99 Å². The summed E-state index contributed by atoms with van der Waals surface area (Å²) >= 11 is 0. The molecule has 1 atom stereocenters. The number of guanidine groups is 1. The fraction of sp³-hybridized carbons (Fsp3) is 0.667. The van der Waals surface area contributed by atoms with E-state index in [0.29, 0.717) is 24.1 Å². The Morgan fingerprint density at radius 3 is 2.89 bits per heavy atom. The first-order chi connectivity index (χ1) is 12.9. The second kappa shape index (κ2) is 10.3. The van der Waals surface area contributed by atoms with Gasteiger partial charge in [0, 0.05) is 30.9 Å². The summed E-state index contributed by atoms with van der Waals surface area (Å²) in [5.74, 6) is 0.591. The van der Waals surface area contributed by atoms with Crippen molar-refractivity contribution in [2.75, 3.05) is 32.8 Å². The predicted molar refractivity (Wildman–Crippen MR) is 98.9 cm³/mol. The van der Waals surface area contributed by atoms with E-state index in [9.17, 15) is 13.2 Å². The Balaban J connectivity index is 1.97. The summed E-state index contributed by atoms with van der Waals surface area (Å²) in [5, 5.41) is 6.49. The Morgan fingerprint density at radius 2 is 2.19 bits per heavy atom. The van der Waals surface area contributed by atoms with Crippen LogP contribution in [0, 0.1) is 0 Å². The van der Waals surface area contributed by atoms with Gasteiger partial charge in [-0.05, 0) is 38.9 Å². The lowest BCUT2D eigenvalue weighted by Gasteiger charge is -2.24. The van der Waals surface area contributed by atoms with E-state index in [0.717, 1.165) is 26.1 Å². The van der Waals surface area contributed by atoms with Crippen molar-refractivity contribution in [1.29, 1.82) is 0 Å². The van der Waals surface area contributed by atoms with Crippen LogP contribution in [-0.2, 0) is 6.54 Å². The summed E-state index contributed by atoms with van der Waals surface area (Å²) in [4.78, 5) is 10.8. The van der Waals surface area contributed by atoms with E-state index in [-0.39, 0.29) is 12.4 Å². The lowest BCUT2D eigenvalue weighted by Crippen LogP contribution is -2.44. The SMILES string of the molecule is CCNC(=NCc1cccnc1OCC(F)(F)F)NCC1CCCN1CC. The second-order valence-corrected chi connectivity index (χ2v) is 6.37. The summed E-state index contributed by atoms with van der Waals surface area (Å²) in [7, 11) is 0. The van der Waals surface area contributed by atoms with E-state index in [1.54, 1.807) is 12.1 Å². The van der Waals surface area contributed by atoms with E-state index in [4.69, 9.17) is 4.74 Å². The number of likely N-dealkylation sites (N-methyl/N-ethyl adjacent to an activating group) is 1. The molecule has 0 bridgehead atoms. The fourth-order valence-corrected chi connectivity index (χ4v) is 3.09. The van der Waals surface area contributed by atoms with Crippen LogP contribution in [0.5, 0.6) is 5.88 Å². The van der Waals surface area contributed by atoms with Gasteiger partial charge in [-0.2, -0.15) is 13.2 Å². The Morgan fingerprint density at radius 1 is 1.37 bits per heavy atom. The van der Waals surface area contributed by atoms with Gasteiger partial charge in [-0.15, -0.1) is 0 Å². The van der Waals surface area contributed by atoms with Crippen LogP contribution in [0.4, 0.5) is 13.2 Å². The van der Waals surface area contributed by atoms with Crippen LogP contribution >= 0.6 is 0 Å². The number of pyridine rings is 1. The van der Waals surface area contributed by atoms with Crippen LogP contribution in [0.25, 0.3) is 0 Å².